The third-order valence-electron chi connectivity index (χ3n) is 1.96. The molecule has 0 aliphatic carbocycles. The van der Waals surface area contributed by atoms with Crippen LogP contribution in [-0.4, -0.2) is 12.1 Å². The van der Waals surface area contributed by atoms with Crippen LogP contribution >= 0.6 is 0 Å². The second kappa shape index (κ2) is 2.68. The summed E-state index contributed by atoms with van der Waals surface area (Å²) in [4.78, 5) is 0. The SMILES string of the molecule is Cc1ccc2c(c1)B(O)OC=C2. The van der Waals surface area contributed by atoms with E-state index in [-0.39, 0.29) is 0 Å². The van der Waals surface area contributed by atoms with E-state index in [0.29, 0.717) is 0 Å². The average molecular weight is 160 g/mol. The largest absolute Gasteiger partial charge is 0.560 e. The third kappa shape index (κ3) is 1.12. The highest BCUT2D eigenvalue weighted by molar-refractivity contribution is 6.61. The Morgan fingerprint density at radius 1 is 1.42 bits per heavy atom. The maximum atomic E-state index is 9.41. The summed E-state index contributed by atoms with van der Waals surface area (Å²) in [6, 6.07) is 5.93. The first-order chi connectivity index (χ1) is 5.77. The number of hydrogen-bond acceptors (Lipinski definition) is 2. The van der Waals surface area contributed by atoms with E-state index in [1.165, 1.54) is 6.26 Å². The lowest BCUT2D eigenvalue weighted by Crippen LogP contribution is -2.36. The molecule has 1 aromatic rings. The molecule has 0 unspecified atom stereocenters. The van der Waals surface area contributed by atoms with E-state index >= 15 is 0 Å². The summed E-state index contributed by atoms with van der Waals surface area (Å²) in [5.41, 5.74) is 3.00. The maximum absolute atomic E-state index is 9.41. The molecule has 0 radical (unpaired) electrons. The fourth-order valence-electron chi connectivity index (χ4n) is 1.32. The van der Waals surface area contributed by atoms with Crippen LogP contribution in [0, 0.1) is 6.92 Å². The number of benzene rings is 1. The molecule has 1 aliphatic rings. The van der Waals surface area contributed by atoms with Crippen LogP contribution in [0.15, 0.2) is 24.5 Å². The molecule has 0 bridgehead atoms. The molecule has 0 saturated heterocycles. The van der Waals surface area contributed by atoms with Crippen molar-refractivity contribution < 1.29 is 9.68 Å². The first kappa shape index (κ1) is 7.43. The minimum absolute atomic E-state index is 0.801. The van der Waals surface area contributed by atoms with E-state index < -0.39 is 7.12 Å². The zero-order valence-corrected chi connectivity index (χ0v) is 6.82. The smallest absolute Gasteiger partial charge is 0.538 e. The predicted octanol–water partition coefficient (Wildman–Crippen LogP) is 0.683. The van der Waals surface area contributed by atoms with Gasteiger partial charge in [-0.15, -0.1) is 0 Å². The van der Waals surface area contributed by atoms with Gasteiger partial charge in [-0.05, 0) is 18.6 Å². The summed E-state index contributed by atoms with van der Waals surface area (Å²) in [6.45, 7) is 1.99. The van der Waals surface area contributed by atoms with E-state index in [0.717, 1.165) is 16.6 Å². The van der Waals surface area contributed by atoms with Gasteiger partial charge in [0.25, 0.3) is 0 Å². The molecule has 12 heavy (non-hydrogen) atoms. The van der Waals surface area contributed by atoms with Crippen LogP contribution in [0.4, 0.5) is 0 Å². The first-order valence-corrected chi connectivity index (χ1v) is 3.88. The van der Waals surface area contributed by atoms with Crippen LogP contribution in [0.3, 0.4) is 0 Å². The molecule has 0 aromatic heterocycles. The second-order valence-corrected chi connectivity index (χ2v) is 2.92. The number of rotatable bonds is 0. The lowest BCUT2D eigenvalue weighted by atomic mass is 9.74. The van der Waals surface area contributed by atoms with Crippen molar-refractivity contribution in [1.29, 1.82) is 0 Å². The average Bonchev–Trinajstić information content (AvgIpc) is 2.07. The molecule has 2 nitrogen and oxygen atoms in total. The van der Waals surface area contributed by atoms with Gasteiger partial charge >= 0.3 is 7.12 Å². The van der Waals surface area contributed by atoms with E-state index in [1.54, 1.807) is 0 Å². The lowest BCUT2D eigenvalue weighted by Gasteiger charge is -2.14. The minimum Gasteiger partial charge on any atom is -0.538 e. The molecule has 1 aromatic carbocycles. The van der Waals surface area contributed by atoms with Gasteiger partial charge in [0.15, 0.2) is 0 Å². The highest BCUT2D eigenvalue weighted by Gasteiger charge is 2.22. The van der Waals surface area contributed by atoms with Crippen molar-refractivity contribution in [3.63, 3.8) is 0 Å². The Balaban J connectivity index is 2.56. The Bertz CT molecular complexity index is 333. The normalized spacial score (nSPS) is 14.0. The predicted molar refractivity (Wildman–Crippen MR) is 48.9 cm³/mol. The molecular formula is C9H9BO2. The Hall–Kier alpha value is -1.22. The molecule has 1 aliphatic heterocycles. The molecule has 1 N–H and O–H groups in total. The van der Waals surface area contributed by atoms with Crippen molar-refractivity contribution in [2.45, 2.75) is 6.92 Å². The van der Waals surface area contributed by atoms with E-state index in [2.05, 4.69) is 0 Å². The summed E-state index contributed by atoms with van der Waals surface area (Å²) in [5.74, 6) is 0. The van der Waals surface area contributed by atoms with Crippen molar-refractivity contribution in [2.24, 2.45) is 0 Å². The first-order valence-electron chi connectivity index (χ1n) is 3.88. The zero-order chi connectivity index (χ0) is 8.55. The molecule has 0 atom stereocenters. The van der Waals surface area contributed by atoms with Gasteiger partial charge in [0, 0.05) is 5.46 Å². The van der Waals surface area contributed by atoms with Crippen LogP contribution in [-0.2, 0) is 4.65 Å². The van der Waals surface area contributed by atoms with E-state index in [1.807, 2.05) is 31.2 Å². The van der Waals surface area contributed by atoms with E-state index in [9.17, 15) is 5.02 Å². The highest BCUT2D eigenvalue weighted by Crippen LogP contribution is 2.08. The molecule has 0 amide bonds. The molecule has 1 heterocycles. The topological polar surface area (TPSA) is 29.5 Å². The van der Waals surface area contributed by atoms with Gasteiger partial charge in [-0.1, -0.05) is 23.8 Å². The summed E-state index contributed by atoms with van der Waals surface area (Å²) >= 11 is 0. The quantitative estimate of drug-likeness (QED) is 0.565. The Morgan fingerprint density at radius 3 is 3.08 bits per heavy atom. The van der Waals surface area contributed by atoms with Gasteiger partial charge in [0.1, 0.15) is 0 Å². The minimum atomic E-state index is -0.801. The molecule has 3 heteroatoms. The standard InChI is InChI=1S/C9H9BO2/c1-7-2-3-8-4-5-12-10(11)9(8)6-7/h2-6,11H,1H3. The van der Waals surface area contributed by atoms with Gasteiger partial charge in [0.05, 0.1) is 6.26 Å². The van der Waals surface area contributed by atoms with Crippen LogP contribution in [0.25, 0.3) is 6.08 Å². The molecular weight excluding hydrogens is 151 g/mol. The van der Waals surface area contributed by atoms with Crippen LogP contribution in [0.1, 0.15) is 11.1 Å². The van der Waals surface area contributed by atoms with Crippen molar-refractivity contribution >= 4 is 18.7 Å². The van der Waals surface area contributed by atoms with Crippen LogP contribution < -0.4 is 5.46 Å². The molecule has 2 rings (SSSR count). The monoisotopic (exact) mass is 160 g/mol. The fraction of sp³-hybridized carbons (Fsp3) is 0.111. The Morgan fingerprint density at radius 2 is 2.25 bits per heavy atom. The van der Waals surface area contributed by atoms with Crippen LogP contribution in [0.2, 0.25) is 0 Å². The summed E-state index contributed by atoms with van der Waals surface area (Å²) in [7, 11) is -0.801. The second-order valence-electron chi connectivity index (χ2n) is 2.92. The Kier molecular flexibility index (Phi) is 1.66. The number of hydrogen-bond donors (Lipinski definition) is 1. The summed E-state index contributed by atoms with van der Waals surface area (Å²) in [6.07, 6.45) is 3.36. The van der Waals surface area contributed by atoms with Crippen molar-refractivity contribution in [1.82, 2.24) is 0 Å². The van der Waals surface area contributed by atoms with Gasteiger partial charge in [-0.25, -0.2) is 0 Å². The van der Waals surface area contributed by atoms with Crippen LogP contribution in [0.5, 0.6) is 0 Å². The number of aryl methyl sites for hydroxylation is 1. The molecule has 60 valence electrons. The fourth-order valence-corrected chi connectivity index (χ4v) is 1.32. The zero-order valence-electron chi connectivity index (χ0n) is 6.82. The highest BCUT2D eigenvalue weighted by atomic mass is 16.5. The third-order valence-corrected chi connectivity index (χ3v) is 1.96. The summed E-state index contributed by atoms with van der Waals surface area (Å²) < 4.78 is 4.93. The molecule has 0 spiro atoms. The lowest BCUT2D eigenvalue weighted by molar-refractivity contribution is 0.386. The van der Waals surface area contributed by atoms with E-state index in [4.69, 9.17) is 4.65 Å². The molecule has 0 saturated carbocycles. The van der Waals surface area contributed by atoms with Crippen molar-refractivity contribution in [3.05, 3.63) is 35.6 Å². The Labute approximate surface area is 71.6 Å². The van der Waals surface area contributed by atoms with Gasteiger partial charge in [-0.2, -0.15) is 0 Å². The summed E-state index contributed by atoms with van der Waals surface area (Å²) in [5, 5.41) is 9.41. The number of fused-ring (bicyclic) bond motifs is 1. The van der Waals surface area contributed by atoms with Gasteiger partial charge in [-0.3, -0.25) is 0 Å². The maximum Gasteiger partial charge on any atom is 0.560 e. The van der Waals surface area contributed by atoms with Gasteiger partial charge in [0.2, 0.25) is 0 Å². The van der Waals surface area contributed by atoms with Crippen molar-refractivity contribution in [3.8, 4) is 0 Å². The van der Waals surface area contributed by atoms with Crippen molar-refractivity contribution in [2.75, 3.05) is 0 Å². The van der Waals surface area contributed by atoms with Gasteiger partial charge < -0.3 is 9.68 Å². The molecule has 0 fully saturated rings.